The van der Waals surface area contributed by atoms with E-state index in [0.717, 1.165) is 49.1 Å². The first-order chi connectivity index (χ1) is 13.6. The summed E-state index contributed by atoms with van der Waals surface area (Å²) in [5.41, 5.74) is 2.34. The Morgan fingerprint density at radius 1 is 1.21 bits per heavy atom. The van der Waals surface area contributed by atoms with Crippen LogP contribution in [0.15, 0.2) is 41.7 Å². The second kappa shape index (κ2) is 13.8. The van der Waals surface area contributed by atoms with Crippen molar-refractivity contribution in [3.8, 4) is 0 Å². The fourth-order valence-corrected chi connectivity index (χ4v) is 3.53. The van der Waals surface area contributed by atoms with Crippen LogP contribution in [-0.2, 0) is 13.5 Å². The van der Waals surface area contributed by atoms with E-state index in [4.69, 9.17) is 16.6 Å². The molecule has 1 unspecified atom stereocenters. The number of guanidine groups is 1. The van der Waals surface area contributed by atoms with Gasteiger partial charge < -0.3 is 10.6 Å². The van der Waals surface area contributed by atoms with Crippen molar-refractivity contribution in [1.82, 2.24) is 25.3 Å². The number of aromatic nitrogens is 2. The summed E-state index contributed by atoms with van der Waals surface area (Å²) in [6.45, 7) is 10.6. The van der Waals surface area contributed by atoms with E-state index in [9.17, 15) is 0 Å². The highest BCUT2D eigenvalue weighted by Crippen LogP contribution is 2.27. The van der Waals surface area contributed by atoms with Crippen LogP contribution in [0.1, 0.15) is 37.9 Å². The maximum atomic E-state index is 6.49. The predicted octanol–water partition coefficient (Wildman–Crippen LogP) is 3.87. The highest BCUT2D eigenvalue weighted by Gasteiger charge is 2.20. The molecule has 6 nitrogen and oxygen atoms in total. The Kier molecular flexibility index (Phi) is 12.3. The number of nitrogens with one attached hydrogen (secondary N) is 2. The molecule has 1 heterocycles. The minimum atomic E-state index is 0. The lowest BCUT2D eigenvalue weighted by atomic mass is 10.1. The Balaban J connectivity index is 0.00000420. The molecule has 0 saturated carbocycles. The van der Waals surface area contributed by atoms with Crippen LogP contribution in [0, 0.1) is 0 Å². The molecule has 0 fully saturated rings. The normalized spacial score (nSPS) is 12.6. The molecule has 8 heteroatoms. The van der Waals surface area contributed by atoms with Crippen LogP contribution in [0.3, 0.4) is 0 Å². The Morgan fingerprint density at radius 2 is 1.93 bits per heavy atom. The highest BCUT2D eigenvalue weighted by molar-refractivity contribution is 14.0. The van der Waals surface area contributed by atoms with Crippen LogP contribution in [0.5, 0.6) is 0 Å². The van der Waals surface area contributed by atoms with E-state index >= 15 is 0 Å². The number of aliphatic imine (C=N–C) groups is 1. The number of halogens is 2. The molecule has 1 aromatic heterocycles. The molecule has 1 aromatic carbocycles. The zero-order valence-electron chi connectivity index (χ0n) is 17.9. The summed E-state index contributed by atoms with van der Waals surface area (Å²) in [5.74, 6) is 0.829. The minimum Gasteiger partial charge on any atom is -0.357 e. The van der Waals surface area contributed by atoms with Gasteiger partial charge >= 0.3 is 0 Å². The number of rotatable bonds is 10. The SMILES string of the molecule is CCNC(=NCC(c1ccccc1Cl)N(CC)CC)NCCc1cnn(C)c1.I. The van der Waals surface area contributed by atoms with Crippen LogP contribution in [0.2, 0.25) is 5.02 Å². The van der Waals surface area contributed by atoms with Crippen LogP contribution < -0.4 is 10.6 Å². The van der Waals surface area contributed by atoms with E-state index in [1.165, 1.54) is 5.56 Å². The molecule has 0 bridgehead atoms. The van der Waals surface area contributed by atoms with E-state index in [1.807, 2.05) is 42.3 Å². The Morgan fingerprint density at radius 3 is 2.52 bits per heavy atom. The zero-order valence-corrected chi connectivity index (χ0v) is 20.9. The topological polar surface area (TPSA) is 57.5 Å². The van der Waals surface area contributed by atoms with Crippen molar-refractivity contribution in [3.63, 3.8) is 0 Å². The van der Waals surface area contributed by atoms with Crippen molar-refractivity contribution in [2.45, 2.75) is 33.2 Å². The third kappa shape index (κ3) is 8.14. The average Bonchev–Trinajstić information content (AvgIpc) is 3.11. The summed E-state index contributed by atoms with van der Waals surface area (Å²) in [6.07, 6.45) is 4.85. The predicted molar refractivity (Wildman–Crippen MR) is 133 cm³/mol. The zero-order chi connectivity index (χ0) is 20.4. The number of nitrogens with zero attached hydrogens (tertiary/aromatic N) is 4. The summed E-state index contributed by atoms with van der Waals surface area (Å²) in [4.78, 5) is 7.25. The van der Waals surface area contributed by atoms with Crippen molar-refractivity contribution in [1.29, 1.82) is 0 Å². The van der Waals surface area contributed by atoms with E-state index < -0.39 is 0 Å². The molecule has 162 valence electrons. The smallest absolute Gasteiger partial charge is 0.191 e. The molecule has 0 aliphatic heterocycles. The lowest BCUT2D eigenvalue weighted by molar-refractivity contribution is 0.224. The van der Waals surface area contributed by atoms with Crippen molar-refractivity contribution in [2.75, 3.05) is 32.7 Å². The maximum absolute atomic E-state index is 6.49. The van der Waals surface area contributed by atoms with Gasteiger partial charge in [0.05, 0.1) is 18.8 Å². The quantitative estimate of drug-likeness (QED) is 0.277. The minimum absolute atomic E-state index is 0. The molecule has 0 aliphatic rings. The fraction of sp³-hybridized carbons (Fsp3) is 0.524. The van der Waals surface area contributed by atoms with Crippen LogP contribution in [0.4, 0.5) is 0 Å². The Labute approximate surface area is 197 Å². The van der Waals surface area contributed by atoms with Gasteiger partial charge in [0.15, 0.2) is 5.96 Å². The summed E-state index contributed by atoms with van der Waals surface area (Å²) in [5, 5.41) is 11.8. The summed E-state index contributed by atoms with van der Waals surface area (Å²) >= 11 is 6.49. The summed E-state index contributed by atoms with van der Waals surface area (Å²) < 4.78 is 1.83. The van der Waals surface area contributed by atoms with Crippen LogP contribution >= 0.6 is 35.6 Å². The third-order valence-electron chi connectivity index (χ3n) is 4.75. The lowest BCUT2D eigenvalue weighted by Crippen LogP contribution is -2.39. The number of hydrogen-bond acceptors (Lipinski definition) is 3. The number of aryl methyl sites for hydroxylation is 1. The van der Waals surface area contributed by atoms with Crippen LogP contribution in [-0.4, -0.2) is 53.4 Å². The summed E-state index contributed by atoms with van der Waals surface area (Å²) in [6, 6.07) is 8.22. The molecule has 1 atom stereocenters. The second-order valence-corrected chi connectivity index (χ2v) is 7.08. The van der Waals surface area contributed by atoms with Gasteiger partial charge in [0, 0.05) is 31.4 Å². The standard InChI is InChI=1S/C21H33ClN6.HI/c1-5-23-21(24-13-12-17-14-26-27(4)16-17)25-15-20(28(6-2)7-3)18-10-8-9-11-19(18)22;/h8-11,14,16,20H,5-7,12-13,15H2,1-4H3,(H2,23,24,25);1H. The van der Waals surface area contributed by atoms with Gasteiger partial charge in [-0.15, -0.1) is 24.0 Å². The number of likely N-dealkylation sites (N-methyl/N-ethyl adjacent to an activating group) is 1. The molecule has 2 N–H and O–H groups in total. The van der Waals surface area contributed by atoms with Crippen molar-refractivity contribution in [3.05, 3.63) is 52.8 Å². The first-order valence-corrected chi connectivity index (χ1v) is 10.4. The van der Waals surface area contributed by atoms with E-state index in [0.29, 0.717) is 6.54 Å². The van der Waals surface area contributed by atoms with E-state index in [2.05, 4.69) is 47.5 Å². The Bertz CT molecular complexity index is 744. The highest BCUT2D eigenvalue weighted by atomic mass is 127. The third-order valence-corrected chi connectivity index (χ3v) is 5.09. The van der Waals surface area contributed by atoms with E-state index in [-0.39, 0.29) is 30.0 Å². The largest absolute Gasteiger partial charge is 0.357 e. The lowest BCUT2D eigenvalue weighted by Gasteiger charge is -2.29. The maximum Gasteiger partial charge on any atom is 0.191 e. The van der Waals surface area contributed by atoms with Gasteiger partial charge in [-0.25, -0.2) is 0 Å². The molecular weight excluding hydrogens is 499 g/mol. The van der Waals surface area contributed by atoms with Gasteiger partial charge in [0.25, 0.3) is 0 Å². The molecule has 0 amide bonds. The fourth-order valence-electron chi connectivity index (χ4n) is 3.27. The molecule has 0 spiro atoms. The van der Waals surface area contributed by atoms with Crippen molar-refractivity contribution in [2.24, 2.45) is 12.0 Å². The molecular formula is C21H34ClIN6. The van der Waals surface area contributed by atoms with Gasteiger partial charge in [-0.05, 0) is 43.6 Å². The average molecular weight is 533 g/mol. The van der Waals surface area contributed by atoms with Crippen molar-refractivity contribution >= 4 is 41.5 Å². The second-order valence-electron chi connectivity index (χ2n) is 6.68. The van der Waals surface area contributed by atoms with Crippen LogP contribution in [0.25, 0.3) is 0 Å². The number of benzene rings is 1. The number of hydrogen-bond donors (Lipinski definition) is 2. The molecule has 0 aliphatic carbocycles. The van der Waals surface area contributed by atoms with Gasteiger partial charge in [0.2, 0.25) is 0 Å². The monoisotopic (exact) mass is 532 g/mol. The molecule has 0 saturated heterocycles. The first-order valence-electron chi connectivity index (χ1n) is 10.1. The Hall–Kier alpha value is -1.32. The van der Waals surface area contributed by atoms with Crippen molar-refractivity contribution < 1.29 is 0 Å². The molecule has 0 radical (unpaired) electrons. The molecule has 29 heavy (non-hydrogen) atoms. The van der Waals surface area contributed by atoms with Gasteiger partial charge in [-0.1, -0.05) is 43.6 Å². The first kappa shape index (κ1) is 25.7. The van der Waals surface area contributed by atoms with Gasteiger partial charge in [-0.3, -0.25) is 14.6 Å². The van der Waals surface area contributed by atoms with E-state index in [1.54, 1.807) is 0 Å². The van der Waals surface area contributed by atoms with Gasteiger partial charge in [0.1, 0.15) is 0 Å². The van der Waals surface area contributed by atoms with Gasteiger partial charge in [-0.2, -0.15) is 5.10 Å². The molecule has 2 aromatic rings. The molecule has 2 rings (SSSR count). The summed E-state index contributed by atoms with van der Waals surface area (Å²) in [7, 11) is 1.94.